The molecule has 2 aromatic rings. The number of thiocarbonyl (C=S) groups is 1. The van der Waals surface area contributed by atoms with Gasteiger partial charge in [-0.05, 0) is 57.9 Å². The van der Waals surface area contributed by atoms with E-state index in [0.717, 1.165) is 5.56 Å². The largest absolute Gasteiger partial charge is 0.483 e. The summed E-state index contributed by atoms with van der Waals surface area (Å²) in [5.41, 5.74) is 1.32. The molecule has 2 N–H and O–H groups in total. The zero-order valence-electron chi connectivity index (χ0n) is 13.9. The first-order valence-electron chi connectivity index (χ1n) is 7.74. The molecule has 0 spiro atoms. The van der Waals surface area contributed by atoms with Crippen molar-refractivity contribution in [2.75, 3.05) is 11.9 Å². The van der Waals surface area contributed by atoms with Crippen molar-refractivity contribution in [3.63, 3.8) is 0 Å². The number of hydrogen-bond donors (Lipinski definition) is 2. The lowest BCUT2D eigenvalue weighted by Gasteiger charge is -2.10. The zero-order valence-corrected chi connectivity index (χ0v) is 18.7. The zero-order chi connectivity index (χ0) is 20.3. The minimum atomic E-state index is -0.343. The van der Waals surface area contributed by atoms with Gasteiger partial charge in [-0.15, -0.1) is 0 Å². The smallest absolute Gasteiger partial charge is 0.263 e. The van der Waals surface area contributed by atoms with Crippen LogP contribution in [-0.4, -0.2) is 22.7 Å². The van der Waals surface area contributed by atoms with Gasteiger partial charge in [0.1, 0.15) is 10.1 Å². The predicted molar refractivity (Wildman–Crippen MR) is 121 cm³/mol. The molecule has 2 aromatic carbocycles. The molecule has 1 heterocycles. The van der Waals surface area contributed by atoms with Gasteiger partial charge in [-0.2, -0.15) is 0 Å². The number of amides is 2. The molecule has 0 saturated carbocycles. The summed E-state index contributed by atoms with van der Waals surface area (Å²) >= 11 is 21.4. The van der Waals surface area contributed by atoms with Crippen LogP contribution in [0.5, 0.6) is 5.75 Å². The average molecular weight is 518 g/mol. The second-order valence-electron chi connectivity index (χ2n) is 5.51. The van der Waals surface area contributed by atoms with Gasteiger partial charge in [0, 0.05) is 5.69 Å². The van der Waals surface area contributed by atoms with Crippen molar-refractivity contribution in [1.82, 2.24) is 5.32 Å². The van der Waals surface area contributed by atoms with Crippen molar-refractivity contribution in [1.29, 1.82) is 0 Å². The number of rotatable bonds is 5. The highest BCUT2D eigenvalue weighted by Gasteiger charge is 2.22. The Balaban J connectivity index is 1.61. The lowest BCUT2D eigenvalue weighted by Crippen LogP contribution is -2.20. The monoisotopic (exact) mass is 516 g/mol. The van der Waals surface area contributed by atoms with Gasteiger partial charge in [-0.1, -0.05) is 53.2 Å². The minimum Gasteiger partial charge on any atom is -0.483 e. The third-order valence-electron chi connectivity index (χ3n) is 3.46. The van der Waals surface area contributed by atoms with Crippen molar-refractivity contribution >= 4 is 91.0 Å². The van der Waals surface area contributed by atoms with E-state index in [0.29, 0.717) is 35.2 Å². The molecule has 1 aliphatic heterocycles. The summed E-state index contributed by atoms with van der Waals surface area (Å²) in [6, 6.07) is 10.1. The van der Waals surface area contributed by atoms with Gasteiger partial charge in [0.05, 0.1) is 19.4 Å². The second kappa shape index (κ2) is 9.28. The molecule has 1 saturated heterocycles. The van der Waals surface area contributed by atoms with E-state index in [4.69, 9.17) is 40.2 Å². The molecule has 28 heavy (non-hydrogen) atoms. The number of halogens is 3. The standard InChI is InChI=1S/C18H11BrCl2N2O3S2/c19-11-5-9(6-15-17(25)23-18(27)28-15)1-4-14(11)26-8-16(24)22-10-2-3-12(20)13(21)7-10/h1-7H,8H2,(H,22,24)(H,23,25,27)/b15-6+. The second-order valence-corrected chi connectivity index (χ2v) is 8.90. The van der Waals surface area contributed by atoms with E-state index in [-0.39, 0.29) is 18.4 Å². The Kier molecular flexibility index (Phi) is 7.00. The molecular formula is C18H11BrCl2N2O3S2. The maximum absolute atomic E-state index is 12.1. The fourth-order valence-electron chi connectivity index (χ4n) is 2.21. The van der Waals surface area contributed by atoms with Crippen LogP contribution in [0.15, 0.2) is 45.8 Å². The highest BCUT2D eigenvalue weighted by molar-refractivity contribution is 9.10. The molecule has 1 fully saturated rings. The van der Waals surface area contributed by atoms with Crippen molar-refractivity contribution in [3.8, 4) is 5.75 Å². The number of carbonyl (C=O) groups is 2. The molecule has 0 unspecified atom stereocenters. The summed E-state index contributed by atoms with van der Waals surface area (Å²) in [5.74, 6) is -0.0695. The third-order valence-corrected chi connectivity index (χ3v) is 5.98. The lowest BCUT2D eigenvalue weighted by atomic mass is 10.2. The van der Waals surface area contributed by atoms with Gasteiger partial charge in [0.25, 0.3) is 11.8 Å². The van der Waals surface area contributed by atoms with Crippen LogP contribution in [0.25, 0.3) is 6.08 Å². The van der Waals surface area contributed by atoms with Crippen LogP contribution in [-0.2, 0) is 9.59 Å². The van der Waals surface area contributed by atoms with E-state index in [1.807, 2.05) is 0 Å². The fraction of sp³-hybridized carbons (Fsp3) is 0.0556. The number of hydrogen-bond acceptors (Lipinski definition) is 5. The van der Waals surface area contributed by atoms with Crippen LogP contribution < -0.4 is 15.4 Å². The molecule has 2 amide bonds. The summed E-state index contributed by atoms with van der Waals surface area (Å²) in [7, 11) is 0. The first-order valence-corrected chi connectivity index (χ1v) is 10.5. The third kappa shape index (κ3) is 5.48. The molecule has 0 radical (unpaired) electrons. The maximum Gasteiger partial charge on any atom is 0.263 e. The normalized spacial score (nSPS) is 14.9. The van der Waals surface area contributed by atoms with Crippen LogP contribution in [0, 0.1) is 0 Å². The van der Waals surface area contributed by atoms with Gasteiger partial charge in [0.15, 0.2) is 6.61 Å². The SMILES string of the molecule is O=C(COc1ccc(/C=C2/SC(=S)NC2=O)cc1Br)Nc1ccc(Cl)c(Cl)c1. The summed E-state index contributed by atoms with van der Waals surface area (Å²) in [5, 5.41) is 6.00. The topological polar surface area (TPSA) is 67.4 Å². The van der Waals surface area contributed by atoms with E-state index in [2.05, 4.69) is 26.6 Å². The summed E-state index contributed by atoms with van der Waals surface area (Å²) in [6.45, 7) is -0.189. The van der Waals surface area contributed by atoms with E-state index >= 15 is 0 Å². The van der Waals surface area contributed by atoms with Crippen molar-refractivity contribution in [3.05, 3.63) is 61.4 Å². The van der Waals surface area contributed by atoms with Gasteiger partial charge in [-0.3, -0.25) is 9.59 Å². The van der Waals surface area contributed by atoms with Crippen LogP contribution in [0.4, 0.5) is 5.69 Å². The Morgan fingerprint density at radius 1 is 1.25 bits per heavy atom. The van der Waals surface area contributed by atoms with Crippen molar-refractivity contribution < 1.29 is 14.3 Å². The van der Waals surface area contributed by atoms with Crippen molar-refractivity contribution in [2.45, 2.75) is 0 Å². The number of carbonyl (C=O) groups excluding carboxylic acids is 2. The molecule has 5 nitrogen and oxygen atoms in total. The number of anilines is 1. The van der Waals surface area contributed by atoms with Gasteiger partial charge < -0.3 is 15.4 Å². The minimum absolute atomic E-state index is 0.189. The number of ether oxygens (including phenoxy) is 1. The van der Waals surface area contributed by atoms with Crippen LogP contribution in [0.3, 0.4) is 0 Å². The predicted octanol–water partition coefficient (Wildman–Crippen LogP) is 5.26. The highest BCUT2D eigenvalue weighted by atomic mass is 79.9. The summed E-state index contributed by atoms with van der Waals surface area (Å²) in [4.78, 5) is 24.3. The molecule has 0 atom stereocenters. The molecule has 3 rings (SSSR count). The van der Waals surface area contributed by atoms with Gasteiger partial charge >= 0.3 is 0 Å². The number of nitrogens with one attached hydrogen (secondary N) is 2. The van der Waals surface area contributed by atoms with E-state index in [1.165, 1.54) is 11.8 Å². The molecule has 0 aromatic heterocycles. The Morgan fingerprint density at radius 2 is 2.04 bits per heavy atom. The van der Waals surface area contributed by atoms with E-state index in [1.54, 1.807) is 42.5 Å². The van der Waals surface area contributed by atoms with E-state index < -0.39 is 0 Å². The quantitative estimate of drug-likeness (QED) is 0.418. The summed E-state index contributed by atoms with van der Waals surface area (Å²) < 4.78 is 6.63. The molecule has 0 aliphatic carbocycles. The van der Waals surface area contributed by atoms with Crippen LogP contribution in [0.1, 0.15) is 5.56 Å². The first kappa shape index (κ1) is 21.1. The highest BCUT2D eigenvalue weighted by Crippen LogP contribution is 2.30. The Labute approximate surface area is 188 Å². The number of thioether (sulfide) groups is 1. The Hall–Kier alpha value is -1.58. The maximum atomic E-state index is 12.1. The summed E-state index contributed by atoms with van der Waals surface area (Å²) in [6.07, 6.45) is 1.73. The van der Waals surface area contributed by atoms with Crippen LogP contribution >= 0.6 is 63.1 Å². The van der Waals surface area contributed by atoms with Crippen LogP contribution in [0.2, 0.25) is 10.0 Å². The fourth-order valence-corrected chi connectivity index (χ4v) is 4.06. The van der Waals surface area contributed by atoms with E-state index in [9.17, 15) is 9.59 Å². The first-order chi connectivity index (χ1) is 13.3. The molecular weight excluding hydrogens is 507 g/mol. The average Bonchev–Trinajstić information content (AvgIpc) is 2.94. The Bertz CT molecular complexity index is 1010. The van der Waals surface area contributed by atoms with Crippen molar-refractivity contribution in [2.24, 2.45) is 0 Å². The molecule has 10 heteroatoms. The van der Waals surface area contributed by atoms with Gasteiger partial charge in [-0.25, -0.2) is 0 Å². The lowest BCUT2D eigenvalue weighted by molar-refractivity contribution is -0.118. The molecule has 144 valence electrons. The van der Waals surface area contributed by atoms with Gasteiger partial charge in [0.2, 0.25) is 0 Å². The molecule has 0 bridgehead atoms. The number of benzene rings is 2. The Morgan fingerprint density at radius 3 is 2.68 bits per heavy atom. The molecule has 1 aliphatic rings.